The third-order valence-corrected chi connectivity index (χ3v) is 4.64. The van der Waals surface area contributed by atoms with Crippen molar-refractivity contribution in [2.75, 3.05) is 13.2 Å². The van der Waals surface area contributed by atoms with Crippen LogP contribution in [0.25, 0.3) is 0 Å². The number of imide groups is 1. The molecule has 0 bridgehead atoms. The molecule has 0 aromatic heterocycles. The highest BCUT2D eigenvalue weighted by Gasteiger charge is 2.44. The molecule has 0 spiro atoms. The molecule has 1 atom stereocenters. The number of nitro groups is 1. The first kappa shape index (κ1) is 20.0. The Kier molecular flexibility index (Phi) is 5.58. The number of benzene rings is 2. The van der Waals surface area contributed by atoms with Crippen LogP contribution in [0.3, 0.4) is 0 Å². The molecule has 2 aromatic carbocycles. The van der Waals surface area contributed by atoms with Gasteiger partial charge in [-0.25, -0.2) is 0 Å². The standard InChI is InChI=1S/C20H19N3O6/c1-12-6-3-4-9-16(12)29-11-10-21-18(24)13(2)22-19(25)14-7-5-8-15(23(27)28)17(14)20(22)26/h3-9,13H,10-11H2,1-2H3,(H,21,24)/t13-/m1/s1. The molecule has 3 rings (SSSR count). The van der Waals surface area contributed by atoms with Gasteiger partial charge in [-0.05, 0) is 31.5 Å². The molecule has 0 saturated carbocycles. The van der Waals surface area contributed by atoms with E-state index in [2.05, 4.69) is 5.32 Å². The highest BCUT2D eigenvalue weighted by molar-refractivity contribution is 6.24. The van der Waals surface area contributed by atoms with Crippen LogP contribution in [0.2, 0.25) is 0 Å². The summed E-state index contributed by atoms with van der Waals surface area (Å²) in [6, 6.07) is 10.1. The van der Waals surface area contributed by atoms with Gasteiger partial charge in [0.1, 0.15) is 24.0 Å². The average Bonchev–Trinajstić information content (AvgIpc) is 2.96. The largest absolute Gasteiger partial charge is 0.491 e. The van der Waals surface area contributed by atoms with E-state index >= 15 is 0 Å². The molecule has 1 N–H and O–H groups in total. The normalized spacial score (nSPS) is 13.8. The van der Waals surface area contributed by atoms with Crippen LogP contribution in [0.5, 0.6) is 5.75 Å². The van der Waals surface area contributed by atoms with Crippen molar-refractivity contribution in [3.05, 3.63) is 69.3 Å². The van der Waals surface area contributed by atoms with Gasteiger partial charge in [0.15, 0.2) is 0 Å². The zero-order valence-electron chi connectivity index (χ0n) is 15.9. The second-order valence-electron chi connectivity index (χ2n) is 6.52. The summed E-state index contributed by atoms with van der Waals surface area (Å²) in [7, 11) is 0. The highest BCUT2D eigenvalue weighted by atomic mass is 16.6. The van der Waals surface area contributed by atoms with Crippen LogP contribution in [-0.4, -0.2) is 46.7 Å². The molecular formula is C20H19N3O6. The number of aryl methyl sites for hydroxylation is 1. The number of hydrogen-bond donors (Lipinski definition) is 1. The predicted molar refractivity (Wildman–Crippen MR) is 103 cm³/mol. The lowest BCUT2D eigenvalue weighted by Crippen LogP contribution is -2.48. The Bertz CT molecular complexity index is 1000. The Morgan fingerprint density at radius 2 is 1.90 bits per heavy atom. The SMILES string of the molecule is Cc1ccccc1OCCNC(=O)[C@@H](C)N1C(=O)c2cccc([N+](=O)[O-])c2C1=O. The third-order valence-electron chi connectivity index (χ3n) is 4.64. The Hall–Kier alpha value is -3.75. The van der Waals surface area contributed by atoms with E-state index in [4.69, 9.17) is 4.74 Å². The van der Waals surface area contributed by atoms with Crippen molar-refractivity contribution >= 4 is 23.4 Å². The van der Waals surface area contributed by atoms with Crippen molar-refractivity contribution in [3.8, 4) is 5.75 Å². The smallest absolute Gasteiger partial charge is 0.282 e. The Morgan fingerprint density at radius 3 is 2.59 bits per heavy atom. The van der Waals surface area contributed by atoms with Crippen LogP contribution >= 0.6 is 0 Å². The number of nitro benzene ring substituents is 1. The zero-order valence-corrected chi connectivity index (χ0v) is 15.9. The number of amides is 3. The minimum Gasteiger partial charge on any atom is -0.491 e. The van der Waals surface area contributed by atoms with E-state index in [1.54, 1.807) is 0 Å². The van der Waals surface area contributed by atoms with Crippen molar-refractivity contribution in [2.24, 2.45) is 0 Å². The summed E-state index contributed by atoms with van der Waals surface area (Å²) in [6.07, 6.45) is 0. The van der Waals surface area contributed by atoms with E-state index in [-0.39, 0.29) is 24.3 Å². The van der Waals surface area contributed by atoms with Gasteiger partial charge in [0.25, 0.3) is 17.5 Å². The van der Waals surface area contributed by atoms with Gasteiger partial charge in [0.2, 0.25) is 5.91 Å². The number of nitrogens with one attached hydrogen (secondary N) is 1. The minimum atomic E-state index is -1.12. The second kappa shape index (κ2) is 8.09. The zero-order chi connectivity index (χ0) is 21.1. The van der Waals surface area contributed by atoms with Crippen molar-refractivity contribution in [1.82, 2.24) is 10.2 Å². The molecule has 2 aromatic rings. The number of nitrogens with zero attached hydrogens (tertiary/aromatic N) is 2. The number of ether oxygens (including phenoxy) is 1. The summed E-state index contributed by atoms with van der Waals surface area (Å²) in [6.45, 7) is 3.67. The Morgan fingerprint density at radius 1 is 1.17 bits per heavy atom. The summed E-state index contributed by atoms with van der Waals surface area (Å²) >= 11 is 0. The summed E-state index contributed by atoms with van der Waals surface area (Å²) in [5.41, 5.74) is 0.138. The molecule has 9 nitrogen and oxygen atoms in total. The van der Waals surface area contributed by atoms with E-state index in [1.807, 2.05) is 31.2 Å². The molecule has 0 aliphatic carbocycles. The Labute approximate surface area is 166 Å². The van der Waals surface area contributed by atoms with E-state index in [1.165, 1.54) is 19.1 Å². The first-order valence-corrected chi connectivity index (χ1v) is 8.94. The molecule has 1 aliphatic heterocycles. The van der Waals surface area contributed by atoms with Crippen molar-refractivity contribution < 1.29 is 24.0 Å². The number of hydrogen-bond acceptors (Lipinski definition) is 6. The van der Waals surface area contributed by atoms with E-state index < -0.39 is 34.4 Å². The van der Waals surface area contributed by atoms with Crippen LogP contribution in [0.4, 0.5) is 5.69 Å². The van der Waals surface area contributed by atoms with Gasteiger partial charge < -0.3 is 10.1 Å². The van der Waals surface area contributed by atoms with Gasteiger partial charge in [0, 0.05) is 6.07 Å². The van der Waals surface area contributed by atoms with Gasteiger partial charge in [-0.1, -0.05) is 24.3 Å². The second-order valence-corrected chi connectivity index (χ2v) is 6.52. The van der Waals surface area contributed by atoms with Crippen LogP contribution in [-0.2, 0) is 4.79 Å². The lowest BCUT2D eigenvalue weighted by atomic mass is 10.1. The number of carbonyl (C=O) groups excluding carboxylic acids is 3. The van der Waals surface area contributed by atoms with Gasteiger partial charge >= 0.3 is 0 Å². The molecule has 29 heavy (non-hydrogen) atoms. The molecule has 0 saturated heterocycles. The molecule has 0 radical (unpaired) electrons. The number of carbonyl (C=O) groups is 3. The van der Waals surface area contributed by atoms with Crippen molar-refractivity contribution in [1.29, 1.82) is 0 Å². The van der Waals surface area contributed by atoms with Crippen molar-refractivity contribution in [2.45, 2.75) is 19.9 Å². The molecule has 1 heterocycles. The lowest BCUT2D eigenvalue weighted by molar-refractivity contribution is -0.385. The summed E-state index contributed by atoms with van der Waals surface area (Å²) in [5.74, 6) is -1.44. The van der Waals surface area contributed by atoms with Crippen molar-refractivity contribution in [3.63, 3.8) is 0 Å². The maximum atomic E-state index is 12.6. The van der Waals surface area contributed by atoms with Crippen LogP contribution in [0.15, 0.2) is 42.5 Å². The third kappa shape index (κ3) is 3.79. The first-order chi connectivity index (χ1) is 13.8. The minimum absolute atomic E-state index is 0.0771. The van der Waals surface area contributed by atoms with Gasteiger partial charge in [-0.15, -0.1) is 0 Å². The Balaban J connectivity index is 1.63. The van der Waals surface area contributed by atoms with Gasteiger partial charge in [-0.3, -0.25) is 29.4 Å². The summed E-state index contributed by atoms with van der Waals surface area (Å²) in [4.78, 5) is 48.8. The summed E-state index contributed by atoms with van der Waals surface area (Å²) in [5, 5.41) is 13.8. The van der Waals surface area contributed by atoms with Crippen LogP contribution in [0.1, 0.15) is 33.2 Å². The fraction of sp³-hybridized carbons (Fsp3) is 0.250. The monoisotopic (exact) mass is 397 g/mol. The maximum Gasteiger partial charge on any atom is 0.282 e. The molecule has 0 fully saturated rings. The molecule has 1 aliphatic rings. The van der Waals surface area contributed by atoms with Gasteiger partial charge in [-0.2, -0.15) is 0 Å². The van der Waals surface area contributed by atoms with E-state index in [9.17, 15) is 24.5 Å². The molecule has 9 heteroatoms. The first-order valence-electron chi connectivity index (χ1n) is 8.94. The summed E-state index contributed by atoms with van der Waals surface area (Å²) < 4.78 is 5.59. The molecule has 150 valence electrons. The fourth-order valence-electron chi connectivity index (χ4n) is 3.11. The van der Waals surface area contributed by atoms with Crippen LogP contribution < -0.4 is 10.1 Å². The van der Waals surface area contributed by atoms with Gasteiger partial charge in [0.05, 0.1) is 17.0 Å². The molecule has 0 unspecified atom stereocenters. The highest BCUT2D eigenvalue weighted by Crippen LogP contribution is 2.31. The number of rotatable bonds is 7. The van der Waals surface area contributed by atoms with E-state index in [0.29, 0.717) is 5.75 Å². The predicted octanol–water partition coefficient (Wildman–Crippen LogP) is 2.08. The lowest BCUT2D eigenvalue weighted by Gasteiger charge is -2.21. The fourth-order valence-corrected chi connectivity index (χ4v) is 3.11. The number of para-hydroxylation sites is 1. The number of fused-ring (bicyclic) bond motifs is 1. The quantitative estimate of drug-likeness (QED) is 0.331. The van der Waals surface area contributed by atoms with Crippen LogP contribution in [0, 0.1) is 17.0 Å². The molecule has 3 amide bonds. The topological polar surface area (TPSA) is 119 Å². The molecular weight excluding hydrogens is 378 g/mol. The van der Waals surface area contributed by atoms with E-state index in [0.717, 1.165) is 16.5 Å². The maximum absolute atomic E-state index is 12.6. The average molecular weight is 397 g/mol.